The third-order valence-corrected chi connectivity index (χ3v) is 3.34. The second-order valence-electron chi connectivity index (χ2n) is 6.07. The number of rotatable bonds is 4. The molecule has 4 heteroatoms. The summed E-state index contributed by atoms with van der Waals surface area (Å²) >= 11 is 0. The van der Waals surface area contributed by atoms with E-state index in [9.17, 15) is 9.90 Å². The number of carbonyl (C=O) groups excluding carboxylic acids is 1. The van der Waals surface area contributed by atoms with Crippen LogP contribution in [-0.2, 0) is 5.41 Å². The molecule has 2 aromatic rings. The zero-order chi connectivity index (χ0) is 15.5. The molecule has 0 saturated carbocycles. The summed E-state index contributed by atoms with van der Waals surface area (Å²) in [6.07, 6.45) is 0.656. The first-order chi connectivity index (χ1) is 9.88. The van der Waals surface area contributed by atoms with Gasteiger partial charge in [-0.3, -0.25) is 4.79 Å². The van der Waals surface area contributed by atoms with Crippen LogP contribution < -0.4 is 5.32 Å². The number of hydrogen-bond acceptors (Lipinski definition) is 3. The Kier molecular flexibility index (Phi) is 4.48. The highest BCUT2D eigenvalue weighted by Gasteiger charge is 2.15. The van der Waals surface area contributed by atoms with Gasteiger partial charge in [-0.15, -0.1) is 0 Å². The Bertz CT molecular complexity index is 579. The summed E-state index contributed by atoms with van der Waals surface area (Å²) in [5, 5.41) is 12.5. The van der Waals surface area contributed by atoms with Crippen molar-refractivity contribution in [2.45, 2.75) is 32.3 Å². The van der Waals surface area contributed by atoms with E-state index in [2.05, 4.69) is 26.1 Å². The van der Waals surface area contributed by atoms with Gasteiger partial charge in [0.1, 0.15) is 11.9 Å². The summed E-state index contributed by atoms with van der Waals surface area (Å²) < 4.78 is 5.09. The van der Waals surface area contributed by atoms with Gasteiger partial charge in [-0.05, 0) is 35.2 Å². The van der Waals surface area contributed by atoms with E-state index < -0.39 is 6.10 Å². The molecule has 1 aromatic carbocycles. The number of carbonyl (C=O) groups is 1. The van der Waals surface area contributed by atoms with Gasteiger partial charge in [-0.25, -0.2) is 0 Å². The SMILES string of the molecule is CC(C)(C)c1ccc(C(=O)NCC(O)c2ccco2)cc1. The van der Waals surface area contributed by atoms with E-state index in [0.29, 0.717) is 11.3 Å². The maximum absolute atomic E-state index is 12.0. The summed E-state index contributed by atoms with van der Waals surface area (Å²) in [5.74, 6) is 0.236. The molecule has 2 N–H and O–H groups in total. The maximum atomic E-state index is 12.0. The molecule has 1 unspecified atom stereocenters. The highest BCUT2D eigenvalue weighted by molar-refractivity contribution is 5.94. The van der Waals surface area contributed by atoms with Gasteiger partial charge in [0.15, 0.2) is 0 Å². The molecule has 0 spiro atoms. The summed E-state index contributed by atoms with van der Waals surface area (Å²) in [7, 11) is 0. The first kappa shape index (κ1) is 15.3. The lowest BCUT2D eigenvalue weighted by Crippen LogP contribution is -2.28. The fourth-order valence-electron chi connectivity index (χ4n) is 1.99. The van der Waals surface area contributed by atoms with E-state index in [1.165, 1.54) is 11.8 Å². The molecule has 0 bridgehead atoms. The summed E-state index contributed by atoms with van der Waals surface area (Å²) in [4.78, 5) is 12.0. The fourth-order valence-corrected chi connectivity index (χ4v) is 1.99. The molecule has 0 aliphatic rings. The molecule has 112 valence electrons. The highest BCUT2D eigenvalue weighted by atomic mass is 16.4. The minimum Gasteiger partial charge on any atom is -0.467 e. The Morgan fingerprint density at radius 1 is 1.24 bits per heavy atom. The Labute approximate surface area is 124 Å². The van der Waals surface area contributed by atoms with Crippen LogP contribution in [0, 0.1) is 0 Å². The lowest BCUT2D eigenvalue weighted by Gasteiger charge is -2.19. The van der Waals surface area contributed by atoms with Gasteiger partial charge in [0.2, 0.25) is 0 Å². The minimum atomic E-state index is -0.835. The van der Waals surface area contributed by atoms with Gasteiger partial charge in [0.25, 0.3) is 5.91 Å². The molecular weight excluding hydrogens is 266 g/mol. The van der Waals surface area contributed by atoms with Crippen LogP contribution in [0.25, 0.3) is 0 Å². The van der Waals surface area contributed by atoms with Gasteiger partial charge in [-0.2, -0.15) is 0 Å². The lowest BCUT2D eigenvalue weighted by molar-refractivity contribution is 0.0901. The van der Waals surface area contributed by atoms with Crippen LogP contribution in [0.5, 0.6) is 0 Å². The Morgan fingerprint density at radius 3 is 2.43 bits per heavy atom. The molecule has 0 radical (unpaired) electrons. The van der Waals surface area contributed by atoms with Crippen molar-refractivity contribution >= 4 is 5.91 Å². The predicted molar refractivity (Wildman–Crippen MR) is 81.1 cm³/mol. The van der Waals surface area contributed by atoms with E-state index in [1.807, 2.05) is 12.1 Å². The molecule has 21 heavy (non-hydrogen) atoms. The van der Waals surface area contributed by atoms with Crippen molar-refractivity contribution in [2.75, 3.05) is 6.54 Å². The Hall–Kier alpha value is -2.07. The van der Waals surface area contributed by atoms with Gasteiger partial charge < -0.3 is 14.8 Å². The predicted octanol–water partition coefficient (Wildman–Crippen LogP) is 3.04. The van der Waals surface area contributed by atoms with Crippen molar-refractivity contribution < 1.29 is 14.3 Å². The van der Waals surface area contributed by atoms with E-state index in [-0.39, 0.29) is 17.9 Å². The number of nitrogens with one attached hydrogen (secondary N) is 1. The third-order valence-electron chi connectivity index (χ3n) is 3.34. The van der Waals surface area contributed by atoms with Crippen LogP contribution in [-0.4, -0.2) is 17.6 Å². The summed E-state index contributed by atoms with van der Waals surface area (Å²) in [5.41, 5.74) is 1.81. The third kappa shape index (κ3) is 3.95. The van der Waals surface area contributed by atoms with Crippen LogP contribution in [0.4, 0.5) is 0 Å². The van der Waals surface area contributed by atoms with Crippen molar-refractivity contribution in [3.63, 3.8) is 0 Å². The first-order valence-corrected chi connectivity index (χ1v) is 6.98. The van der Waals surface area contributed by atoms with Crippen molar-refractivity contribution in [1.82, 2.24) is 5.32 Å². The first-order valence-electron chi connectivity index (χ1n) is 6.98. The Morgan fingerprint density at radius 2 is 1.90 bits per heavy atom. The number of aliphatic hydroxyl groups is 1. The zero-order valence-corrected chi connectivity index (χ0v) is 12.6. The van der Waals surface area contributed by atoms with Crippen LogP contribution in [0.1, 0.15) is 48.6 Å². The number of aliphatic hydroxyl groups excluding tert-OH is 1. The van der Waals surface area contributed by atoms with Crippen LogP contribution in [0.15, 0.2) is 47.1 Å². The number of furan rings is 1. The van der Waals surface area contributed by atoms with Gasteiger partial charge in [0.05, 0.1) is 12.8 Å². The number of benzene rings is 1. The molecule has 0 fully saturated rings. The van der Waals surface area contributed by atoms with Crippen molar-refractivity contribution in [3.05, 3.63) is 59.5 Å². The second-order valence-corrected chi connectivity index (χ2v) is 6.07. The normalized spacial score (nSPS) is 13.0. The van der Waals surface area contributed by atoms with Gasteiger partial charge in [-0.1, -0.05) is 32.9 Å². The average Bonchev–Trinajstić information content (AvgIpc) is 2.98. The largest absolute Gasteiger partial charge is 0.467 e. The van der Waals surface area contributed by atoms with Gasteiger partial charge in [0, 0.05) is 5.56 Å². The van der Waals surface area contributed by atoms with Crippen LogP contribution >= 0.6 is 0 Å². The standard InChI is InChI=1S/C17H21NO3/c1-17(2,3)13-8-6-12(7-9-13)16(20)18-11-14(19)15-5-4-10-21-15/h4-10,14,19H,11H2,1-3H3,(H,18,20). The highest BCUT2D eigenvalue weighted by Crippen LogP contribution is 2.22. The molecular formula is C17H21NO3. The number of amides is 1. The molecule has 1 aromatic heterocycles. The van der Waals surface area contributed by atoms with E-state index in [0.717, 1.165) is 0 Å². The van der Waals surface area contributed by atoms with Crippen LogP contribution in [0.2, 0.25) is 0 Å². The monoisotopic (exact) mass is 287 g/mol. The van der Waals surface area contributed by atoms with Gasteiger partial charge >= 0.3 is 0 Å². The molecule has 0 aliphatic carbocycles. The molecule has 4 nitrogen and oxygen atoms in total. The van der Waals surface area contributed by atoms with E-state index >= 15 is 0 Å². The fraction of sp³-hybridized carbons (Fsp3) is 0.353. The summed E-state index contributed by atoms with van der Waals surface area (Å²) in [6, 6.07) is 10.9. The maximum Gasteiger partial charge on any atom is 0.251 e. The van der Waals surface area contributed by atoms with Crippen molar-refractivity contribution in [1.29, 1.82) is 0 Å². The Balaban J connectivity index is 1.94. The molecule has 0 saturated heterocycles. The van der Waals surface area contributed by atoms with Crippen molar-refractivity contribution in [3.8, 4) is 0 Å². The lowest BCUT2D eigenvalue weighted by atomic mass is 9.87. The van der Waals surface area contributed by atoms with E-state index in [4.69, 9.17) is 4.42 Å². The molecule has 0 aliphatic heterocycles. The minimum absolute atomic E-state index is 0.0600. The molecule has 1 amide bonds. The van der Waals surface area contributed by atoms with E-state index in [1.54, 1.807) is 24.3 Å². The zero-order valence-electron chi connectivity index (χ0n) is 12.6. The smallest absolute Gasteiger partial charge is 0.251 e. The van der Waals surface area contributed by atoms with Crippen molar-refractivity contribution in [2.24, 2.45) is 0 Å². The second kappa shape index (κ2) is 6.14. The van der Waals surface area contributed by atoms with Crippen LogP contribution in [0.3, 0.4) is 0 Å². The average molecular weight is 287 g/mol. The number of hydrogen-bond donors (Lipinski definition) is 2. The molecule has 1 heterocycles. The quantitative estimate of drug-likeness (QED) is 0.908. The topological polar surface area (TPSA) is 62.5 Å². The molecule has 2 rings (SSSR count). The summed E-state index contributed by atoms with van der Waals surface area (Å²) in [6.45, 7) is 6.50. The molecule has 1 atom stereocenters.